The van der Waals surface area contributed by atoms with E-state index in [0.717, 1.165) is 22.6 Å². The van der Waals surface area contributed by atoms with Crippen LogP contribution in [0.5, 0.6) is 11.5 Å². The molecule has 0 unspecified atom stereocenters. The Hall–Kier alpha value is -2.38. The maximum atomic E-state index is 13.6. The second kappa shape index (κ2) is 9.83. The summed E-state index contributed by atoms with van der Waals surface area (Å²) in [6.45, 7) is 4.23. The summed E-state index contributed by atoms with van der Waals surface area (Å²) in [4.78, 5) is 11.4. The molecule has 0 spiro atoms. The molecule has 0 aromatic heterocycles. The van der Waals surface area contributed by atoms with E-state index >= 15 is 0 Å². The van der Waals surface area contributed by atoms with E-state index in [1.54, 1.807) is 21.1 Å². The number of ether oxygens (including phenoxy) is 2. The van der Waals surface area contributed by atoms with E-state index in [1.165, 1.54) is 4.31 Å². The summed E-state index contributed by atoms with van der Waals surface area (Å²) < 4.78 is 39.3. The van der Waals surface area contributed by atoms with E-state index in [1.807, 2.05) is 55.5 Å². The molecule has 1 aliphatic carbocycles. The summed E-state index contributed by atoms with van der Waals surface area (Å²) in [5.74, 6) is 1.72. The van der Waals surface area contributed by atoms with Crippen molar-refractivity contribution >= 4 is 15.8 Å². The van der Waals surface area contributed by atoms with Crippen molar-refractivity contribution < 1.29 is 22.7 Å². The molecule has 1 saturated carbocycles. The molecular weight excluding hydrogens is 414 g/mol. The summed E-state index contributed by atoms with van der Waals surface area (Å²) in [6.07, 6.45) is 0.968. The van der Waals surface area contributed by atoms with Gasteiger partial charge in [-0.15, -0.1) is 0 Å². The molecule has 0 saturated heterocycles. The molecule has 7 heteroatoms. The molecular formula is C24H31NO5S. The summed E-state index contributed by atoms with van der Waals surface area (Å²) in [5, 5.41) is -0.581. The summed E-state index contributed by atoms with van der Waals surface area (Å²) in [7, 11) is -0.405. The Bertz CT molecular complexity index is 928. The number of carbonyl (C=O) groups excluding carboxylic acids is 1. The molecule has 168 valence electrons. The zero-order valence-electron chi connectivity index (χ0n) is 18.6. The van der Waals surface area contributed by atoms with E-state index in [9.17, 15) is 13.2 Å². The van der Waals surface area contributed by atoms with Gasteiger partial charge in [-0.25, -0.2) is 8.42 Å². The minimum Gasteiger partial charge on any atom is -0.497 e. The first-order valence-corrected chi connectivity index (χ1v) is 12.0. The zero-order valence-corrected chi connectivity index (χ0v) is 19.4. The quantitative estimate of drug-likeness (QED) is 0.552. The van der Waals surface area contributed by atoms with Crippen LogP contribution >= 0.6 is 0 Å². The van der Waals surface area contributed by atoms with Crippen LogP contribution in [0, 0.1) is 11.8 Å². The van der Waals surface area contributed by atoms with Crippen LogP contribution in [-0.4, -0.2) is 38.0 Å². The van der Waals surface area contributed by atoms with Gasteiger partial charge in [0.25, 0.3) is 0 Å². The van der Waals surface area contributed by atoms with Gasteiger partial charge in [0, 0.05) is 25.9 Å². The van der Waals surface area contributed by atoms with Crippen LogP contribution in [0.1, 0.15) is 37.8 Å². The monoisotopic (exact) mass is 445 g/mol. The molecule has 1 aliphatic rings. The first-order chi connectivity index (χ1) is 14.7. The molecule has 31 heavy (non-hydrogen) atoms. The molecule has 6 nitrogen and oxygen atoms in total. The Kier molecular flexibility index (Phi) is 7.38. The predicted octanol–water partition coefficient (Wildman–Crippen LogP) is 4.04. The Morgan fingerprint density at radius 2 is 1.29 bits per heavy atom. The summed E-state index contributed by atoms with van der Waals surface area (Å²) in [5.41, 5.74) is 1.77. The fraction of sp³-hybridized carbons (Fsp3) is 0.458. The molecule has 2 aromatic rings. The smallest absolute Gasteiger partial charge is 0.217 e. The van der Waals surface area contributed by atoms with Gasteiger partial charge in [0.15, 0.2) is 0 Å². The van der Waals surface area contributed by atoms with Crippen molar-refractivity contribution in [3.8, 4) is 11.5 Å². The van der Waals surface area contributed by atoms with Crippen molar-refractivity contribution in [3.63, 3.8) is 0 Å². The zero-order chi connectivity index (χ0) is 22.6. The molecule has 0 aliphatic heterocycles. The summed E-state index contributed by atoms with van der Waals surface area (Å²) in [6, 6.07) is 14.9. The number of hydrogen-bond donors (Lipinski definition) is 0. The van der Waals surface area contributed by atoms with E-state index in [-0.39, 0.29) is 30.7 Å². The fourth-order valence-corrected chi connectivity index (χ4v) is 5.78. The standard InChI is InChI=1S/C24H31NO5S/c1-17(21-13-22(26)14-21)18(2)31(27,28)25(15-19-5-9-23(29-3)10-6-19)16-20-7-11-24(30-4)12-8-20/h5-12,17-18,21H,13-16H2,1-4H3/t17-,18-/m1/s1. The highest BCUT2D eigenvalue weighted by Gasteiger charge is 2.40. The Balaban J connectivity index is 1.85. The highest BCUT2D eigenvalue weighted by Crippen LogP contribution is 2.35. The van der Waals surface area contributed by atoms with Crippen LogP contribution in [0.2, 0.25) is 0 Å². The number of sulfonamides is 1. The highest BCUT2D eigenvalue weighted by molar-refractivity contribution is 7.89. The SMILES string of the molecule is COc1ccc(CN(Cc2ccc(OC)cc2)S(=O)(=O)[C@H](C)[C@@H](C)C2CC(=O)C2)cc1. The van der Waals surface area contributed by atoms with Crippen molar-refractivity contribution in [3.05, 3.63) is 59.7 Å². The average molecular weight is 446 g/mol. The number of nitrogens with zero attached hydrogens (tertiary/aromatic N) is 1. The number of rotatable bonds is 10. The van der Waals surface area contributed by atoms with Gasteiger partial charge in [0.05, 0.1) is 19.5 Å². The number of carbonyl (C=O) groups is 1. The molecule has 0 N–H and O–H groups in total. The number of methoxy groups -OCH3 is 2. The lowest BCUT2D eigenvalue weighted by molar-refractivity contribution is -0.128. The van der Waals surface area contributed by atoms with Crippen LogP contribution < -0.4 is 9.47 Å². The topological polar surface area (TPSA) is 72.9 Å². The second-order valence-electron chi connectivity index (χ2n) is 8.28. The Morgan fingerprint density at radius 3 is 1.65 bits per heavy atom. The number of benzene rings is 2. The van der Waals surface area contributed by atoms with Gasteiger partial charge >= 0.3 is 0 Å². The lowest BCUT2D eigenvalue weighted by atomic mass is 9.74. The van der Waals surface area contributed by atoms with E-state index in [2.05, 4.69) is 0 Å². The van der Waals surface area contributed by atoms with Crippen LogP contribution in [0.25, 0.3) is 0 Å². The largest absolute Gasteiger partial charge is 0.497 e. The predicted molar refractivity (Wildman–Crippen MR) is 121 cm³/mol. The van der Waals surface area contributed by atoms with Crippen molar-refractivity contribution in [2.24, 2.45) is 11.8 Å². The van der Waals surface area contributed by atoms with Gasteiger partial charge in [-0.3, -0.25) is 4.79 Å². The molecule has 3 rings (SSSR count). The van der Waals surface area contributed by atoms with Gasteiger partial charge in [-0.2, -0.15) is 4.31 Å². The van der Waals surface area contributed by atoms with Crippen molar-refractivity contribution in [1.29, 1.82) is 0 Å². The van der Waals surface area contributed by atoms with E-state index < -0.39 is 15.3 Å². The third-order valence-corrected chi connectivity index (χ3v) is 8.68. The lowest BCUT2D eigenvalue weighted by Gasteiger charge is -2.36. The number of ketones is 1. The number of Topliss-reactive ketones (excluding diaryl/α,β-unsaturated/α-hetero) is 1. The minimum atomic E-state index is -3.61. The lowest BCUT2D eigenvalue weighted by Crippen LogP contribution is -2.43. The normalized spacial score (nSPS) is 16.6. The average Bonchev–Trinajstić information content (AvgIpc) is 2.76. The van der Waals surface area contributed by atoms with Crippen molar-refractivity contribution in [2.75, 3.05) is 14.2 Å². The molecule has 0 bridgehead atoms. The number of hydrogen-bond acceptors (Lipinski definition) is 5. The first-order valence-electron chi connectivity index (χ1n) is 10.5. The van der Waals surface area contributed by atoms with Crippen molar-refractivity contribution in [2.45, 2.75) is 45.0 Å². The second-order valence-corrected chi connectivity index (χ2v) is 10.6. The van der Waals surface area contributed by atoms with Gasteiger partial charge in [0.1, 0.15) is 17.3 Å². The molecule has 0 heterocycles. The third-order valence-electron chi connectivity index (χ3n) is 6.33. The van der Waals surface area contributed by atoms with Gasteiger partial charge in [-0.05, 0) is 54.2 Å². The van der Waals surface area contributed by atoms with Gasteiger partial charge < -0.3 is 9.47 Å². The highest BCUT2D eigenvalue weighted by atomic mass is 32.2. The molecule has 0 radical (unpaired) electrons. The van der Waals surface area contributed by atoms with Crippen LogP contribution in [0.4, 0.5) is 0 Å². The van der Waals surface area contributed by atoms with Crippen LogP contribution in [0.3, 0.4) is 0 Å². The van der Waals surface area contributed by atoms with Crippen LogP contribution in [-0.2, 0) is 27.9 Å². The van der Waals surface area contributed by atoms with Crippen LogP contribution in [0.15, 0.2) is 48.5 Å². The van der Waals surface area contributed by atoms with Gasteiger partial charge in [-0.1, -0.05) is 31.2 Å². The molecule has 2 aromatic carbocycles. The Morgan fingerprint density at radius 1 is 0.871 bits per heavy atom. The molecule has 1 fully saturated rings. The maximum absolute atomic E-state index is 13.6. The minimum absolute atomic E-state index is 0.0862. The summed E-state index contributed by atoms with van der Waals surface area (Å²) >= 11 is 0. The Labute approximate surface area is 185 Å². The fourth-order valence-electron chi connectivity index (χ4n) is 3.89. The van der Waals surface area contributed by atoms with Crippen molar-refractivity contribution in [1.82, 2.24) is 4.31 Å². The van der Waals surface area contributed by atoms with Gasteiger partial charge in [0.2, 0.25) is 10.0 Å². The first kappa shape index (κ1) is 23.3. The molecule has 0 amide bonds. The van der Waals surface area contributed by atoms with E-state index in [4.69, 9.17) is 9.47 Å². The third kappa shape index (κ3) is 5.46. The molecule has 2 atom stereocenters. The van der Waals surface area contributed by atoms with E-state index in [0.29, 0.717) is 12.8 Å². The maximum Gasteiger partial charge on any atom is 0.217 e.